The summed E-state index contributed by atoms with van der Waals surface area (Å²) in [6.45, 7) is 0.388. The molecule has 172 valence electrons. The number of benzene rings is 2. The molecule has 0 radical (unpaired) electrons. The average Bonchev–Trinajstić information content (AvgIpc) is 3.20. The summed E-state index contributed by atoms with van der Waals surface area (Å²) in [4.78, 5) is 28.8. The minimum atomic E-state index is -0.353. The topological polar surface area (TPSA) is 42.3 Å². The minimum absolute atomic E-state index is 0.147. The largest absolute Gasteiger partial charge is 0.351 e. The smallest absolute Gasteiger partial charge is 0.161 e. The van der Waals surface area contributed by atoms with Gasteiger partial charge in [0.25, 0.3) is 0 Å². The van der Waals surface area contributed by atoms with Gasteiger partial charge in [-0.25, -0.2) is 4.39 Å². The Balaban J connectivity index is 1.58. The zero-order valence-electron chi connectivity index (χ0n) is 19.3. The molecule has 34 heavy (non-hydrogen) atoms. The van der Waals surface area contributed by atoms with Gasteiger partial charge in [-0.2, -0.15) is 0 Å². The highest BCUT2D eigenvalue weighted by atomic mass is 19.1. The lowest BCUT2D eigenvalue weighted by Gasteiger charge is -2.42. The maximum atomic E-state index is 14.5. The molecule has 2 aromatic carbocycles. The molecule has 1 aliphatic heterocycles. The van der Waals surface area contributed by atoms with Gasteiger partial charge in [-0.1, -0.05) is 36.4 Å². The molecule has 0 saturated heterocycles. The molecule has 0 saturated carbocycles. The van der Waals surface area contributed by atoms with Gasteiger partial charge in [-0.3, -0.25) is 9.59 Å². The Morgan fingerprint density at radius 3 is 2.15 bits per heavy atom. The molecule has 2 aliphatic carbocycles. The number of carbonyl (C=O) groups is 2. The molecule has 3 aromatic rings. The van der Waals surface area contributed by atoms with Crippen LogP contribution in [0.25, 0.3) is 10.9 Å². The Bertz CT molecular complexity index is 1370. The number of hydrogen-bond acceptors (Lipinski definition) is 3. The van der Waals surface area contributed by atoms with Crippen molar-refractivity contribution in [1.82, 2.24) is 9.47 Å². The van der Waals surface area contributed by atoms with Crippen molar-refractivity contribution >= 4 is 22.5 Å². The number of nitrogens with zero attached hydrogens (tertiary/aromatic N) is 2. The molecular formula is C29H27FN2O2. The fraction of sp³-hybridized carbons (Fsp3) is 0.310. The van der Waals surface area contributed by atoms with Crippen LogP contribution in [-0.2, 0) is 16.1 Å². The van der Waals surface area contributed by atoms with Crippen LogP contribution in [0.15, 0.2) is 77.3 Å². The predicted molar refractivity (Wildman–Crippen MR) is 130 cm³/mol. The fourth-order valence-corrected chi connectivity index (χ4v) is 6.11. The second-order valence-electron chi connectivity index (χ2n) is 9.59. The van der Waals surface area contributed by atoms with Gasteiger partial charge >= 0.3 is 0 Å². The van der Waals surface area contributed by atoms with Crippen LogP contribution in [0.1, 0.15) is 55.6 Å². The number of allylic oxidation sites excluding steroid dienone is 4. The monoisotopic (exact) mass is 454 g/mol. The van der Waals surface area contributed by atoms with Crippen molar-refractivity contribution < 1.29 is 14.0 Å². The number of fused-ring (bicyclic) bond motifs is 1. The van der Waals surface area contributed by atoms with E-state index in [2.05, 4.69) is 15.5 Å². The Morgan fingerprint density at radius 2 is 1.47 bits per heavy atom. The van der Waals surface area contributed by atoms with E-state index in [9.17, 15) is 14.0 Å². The summed E-state index contributed by atoms with van der Waals surface area (Å²) < 4.78 is 16.6. The van der Waals surface area contributed by atoms with E-state index in [4.69, 9.17) is 0 Å². The van der Waals surface area contributed by atoms with E-state index < -0.39 is 0 Å². The molecule has 0 amide bonds. The first-order valence-corrected chi connectivity index (χ1v) is 12.1. The van der Waals surface area contributed by atoms with Crippen molar-refractivity contribution in [3.8, 4) is 0 Å². The fourth-order valence-electron chi connectivity index (χ4n) is 6.11. The van der Waals surface area contributed by atoms with Crippen molar-refractivity contribution in [1.29, 1.82) is 0 Å². The SMILES string of the molecule is CN1C2=C(C(=O)CCC2)C(c2cn(Cc3ccccc3F)c3ccccc23)C2=C1CCCC2=O. The Labute approximate surface area is 198 Å². The van der Waals surface area contributed by atoms with Gasteiger partial charge in [0, 0.05) is 71.0 Å². The number of para-hydroxylation sites is 1. The van der Waals surface area contributed by atoms with Crippen LogP contribution in [-0.4, -0.2) is 28.1 Å². The van der Waals surface area contributed by atoms with Crippen molar-refractivity contribution in [3.63, 3.8) is 0 Å². The number of ketones is 2. The molecule has 0 fully saturated rings. The zero-order chi connectivity index (χ0) is 23.4. The molecule has 3 aliphatic rings. The summed E-state index contributed by atoms with van der Waals surface area (Å²) in [7, 11) is 2.01. The zero-order valence-corrected chi connectivity index (χ0v) is 19.3. The van der Waals surface area contributed by atoms with E-state index in [-0.39, 0.29) is 23.3 Å². The van der Waals surface area contributed by atoms with E-state index in [0.717, 1.165) is 64.7 Å². The van der Waals surface area contributed by atoms with Crippen LogP contribution in [0.4, 0.5) is 4.39 Å². The van der Waals surface area contributed by atoms with E-state index >= 15 is 0 Å². The highest BCUT2D eigenvalue weighted by Gasteiger charge is 2.43. The normalized spacial score (nSPS) is 19.2. The van der Waals surface area contributed by atoms with Crippen LogP contribution < -0.4 is 0 Å². The number of hydrogen-bond donors (Lipinski definition) is 0. The second-order valence-corrected chi connectivity index (χ2v) is 9.59. The molecule has 0 unspecified atom stereocenters. The van der Waals surface area contributed by atoms with Crippen LogP contribution in [0.5, 0.6) is 0 Å². The molecule has 5 heteroatoms. The molecule has 0 spiro atoms. The van der Waals surface area contributed by atoms with E-state index in [1.165, 1.54) is 6.07 Å². The summed E-state index contributed by atoms with van der Waals surface area (Å²) in [6.07, 6.45) is 6.49. The highest BCUT2D eigenvalue weighted by Crippen LogP contribution is 2.50. The van der Waals surface area contributed by atoms with Crippen molar-refractivity contribution in [2.75, 3.05) is 7.05 Å². The summed E-state index contributed by atoms with van der Waals surface area (Å²) >= 11 is 0. The molecular weight excluding hydrogens is 427 g/mol. The molecule has 1 aromatic heterocycles. The quantitative estimate of drug-likeness (QED) is 0.497. The number of aromatic nitrogens is 1. The van der Waals surface area contributed by atoms with Gasteiger partial charge in [0.05, 0.1) is 6.54 Å². The van der Waals surface area contributed by atoms with Crippen molar-refractivity contribution in [3.05, 3.63) is 94.2 Å². The predicted octanol–water partition coefficient (Wildman–Crippen LogP) is 5.87. The van der Waals surface area contributed by atoms with Crippen LogP contribution in [0, 0.1) is 5.82 Å². The highest BCUT2D eigenvalue weighted by molar-refractivity contribution is 6.07. The second kappa shape index (κ2) is 8.08. The minimum Gasteiger partial charge on any atom is -0.351 e. The standard InChI is InChI=1S/C29H27FN2O2/c1-31-23-12-6-14-25(33)28(23)27(29-24(31)13-7-15-26(29)34)20-17-32(22-11-5-3-9-19(20)22)16-18-8-2-4-10-21(18)30/h2-5,8-11,17,27H,6-7,12-16H2,1H3. The van der Waals surface area contributed by atoms with Gasteiger partial charge in [0.15, 0.2) is 11.6 Å². The first kappa shape index (κ1) is 21.1. The van der Waals surface area contributed by atoms with Crippen LogP contribution >= 0.6 is 0 Å². The lowest BCUT2D eigenvalue weighted by atomic mass is 9.71. The maximum absolute atomic E-state index is 14.5. The third-order valence-electron chi connectivity index (χ3n) is 7.67. The van der Waals surface area contributed by atoms with Gasteiger partial charge in [-0.15, -0.1) is 0 Å². The number of rotatable bonds is 3. The van der Waals surface area contributed by atoms with E-state index in [1.54, 1.807) is 12.1 Å². The molecule has 4 nitrogen and oxygen atoms in total. The maximum Gasteiger partial charge on any atom is 0.161 e. The van der Waals surface area contributed by atoms with Gasteiger partial charge in [0.2, 0.25) is 0 Å². The number of carbonyl (C=O) groups excluding carboxylic acids is 2. The van der Waals surface area contributed by atoms with E-state index in [1.807, 2.05) is 37.5 Å². The molecule has 0 atom stereocenters. The van der Waals surface area contributed by atoms with Crippen molar-refractivity contribution in [2.24, 2.45) is 0 Å². The molecule has 2 heterocycles. The lowest BCUT2D eigenvalue weighted by Crippen LogP contribution is -2.37. The summed E-state index contributed by atoms with van der Waals surface area (Å²) in [5.74, 6) is -0.294. The number of Topliss-reactive ketones (excluding diaryl/α,β-unsaturated/α-hetero) is 2. The summed E-state index contributed by atoms with van der Waals surface area (Å²) in [5.41, 5.74) is 6.29. The summed E-state index contributed by atoms with van der Waals surface area (Å²) in [6, 6.07) is 14.9. The van der Waals surface area contributed by atoms with Gasteiger partial charge in [0.1, 0.15) is 5.82 Å². The summed E-state index contributed by atoms with van der Waals surface area (Å²) in [5, 5.41) is 1.02. The lowest BCUT2D eigenvalue weighted by molar-refractivity contribution is -0.117. The third kappa shape index (κ3) is 3.17. The third-order valence-corrected chi connectivity index (χ3v) is 7.67. The van der Waals surface area contributed by atoms with E-state index in [0.29, 0.717) is 24.9 Å². The van der Waals surface area contributed by atoms with Crippen molar-refractivity contribution in [2.45, 2.75) is 51.0 Å². The molecule has 0 N–H and O–H groups in total. The first-order valence-electron chi connectivity index (χ1n) is 12.1. The van der Waals surface area contributed by atoms with Gasteiger partial charge in [-0.05, 0) is 43.4 Å². The Kier molecular flexibility index (Phi) is 5.01. The van der Waals surface area contributed by atoms with Crippen LogP contribution in [0.3, 0.4) is 0 Å². The van der Waals surface area contributed by atoms with Gasteiger partial charge < -0.3 is 9.47 Å². The number of halogens is 1. The van der Waals surface area contributed by atoms with Crippen LogP contribution in [0.2, 0.25) is 0 Å². The first-order chi connectivity index (χ1) is 16.5. The Morgan fingerprint density at radius 1 is 0.853 bits per heavy atom. The Hall–Kier alpha value is -3.47. The average molecular weight is 455 g/mol. The molecule has 0 bridgehead atoms. The molecule has 6 rings (SSSR count).